The van der Waals surface area contributed by atoms with Gasteiger partial charge in [-0.1, -0.05) is 12.1 Å². The Bertz CT molecular complexity index is 1160. The molecular formula is C24H23F2N3O4. The van der Waals surface area contributed by atoms with Crippen molar-refractivity contribution >= 4 is 5.91 Å². The lowest BCUT2D eigenvalue weighted by Gasteiger charge is -2.21. The lowest BCUT2D eigenvalue weighted by atomic mass is 10.1. The first-order valence-electron chi connectivity index (χ1n) is 10.8. The average molecular weight is 455 g/mol. The molecule has 0 spiro atoms. The Balaban J connectivity index is 1.35. The molecule has 172 valence electrons. The van der Waals surface area contributed by atoms with Crippen LogP contribution in [0.25, 0.3) is 0 Å². The number of hydrogen-bond acceptors (Lipinski definition) is 6. The molecule has 3 heterocycles. The number of carbonyl (C=O) groups is 1. The maximum absolute atomic E-state index is 14.4. The maximum Gasteiger partial charge on any atom is 0.275 e. The molecule has 0 unspecified atom stereocenters. The molecule has 0 atom stereocenters. The number of ether oxygens (including phenoxy) is 2. The van der Waals surface area contributed by atoms with E-state index in [1.807, 2.05) is 23.1 Å². The highest BCUT2D eigenvalue weighted by atomic mass is 19.1. The second kappa shape index (κ2) is 9.19. The van der Waals surface area contributed by atoms with Crippen molar-refractivity contribution in [2.45, 2.75) is 32.5 Å². The van der Waals surface area contributed by atoms with E-state index in [2.05, 4.69) is 4.98 Å². The highest BCUT2D eigenvalue weighted by Crippen LogP contribution is 2.33. The summed E-state index contributed by atoms with van der Waals surface area (Å²) in [5.74, 6) is 0.275. The van der Waals surface area contributed by atoms with Crippen LogP contribution in [0.3, 0.4) is 0 Å². The van der Waals surface area contributed by atoms with Crippen LogP contribution >= 0.6 is 0 Å². The third-order valence-electron chi connectivity index (χ3n) is 5.78. The van der Waals surface area contributed by atoms with Gasteiger partial charge in [-0.05, 0) is 36.6 Å². The largest absolute Gasteiger partial charge is 0.454 e. The lowest BCUT2D eigenvalue weighted by molar-refractivity contribution is 0.0787. The molecule has 7 nitrogen and oxygen atoms in total. The van der Waals surface area contributed by atoms with Gasteiger partial charge in [0, 0.05) is 37.8 Å². The smallest absolute Gasteiger partial charge is 0.275 e. The van der Waals surface area contributed by atoms with Crippen LogP contribution in [0.1, 0.15) is 40.3 Å². The van der Waals surface area contributed by atoms with Crippen molar-refractivity contribution in [3.63, 3.8) is 0 Å². The van der Waals surface area contributed by atoms with Gasteiger partial charge in [0.05, 0.1) is 6.54 Å². The summed E-state index contributed by atoms with van der Waals surface area (Å²) in [6.45, 7) is 2.47. The van der Waals surface area contributed by atoms with Gasteiger partial charge in [0.1, 0.15) is 17.9 Å². The first kappa shape index (κ1) is 21.4. The van der Waals surface area contributed by atoms with Gasteiger partial charge >= 0.3 is 0 Å². The summed E-state index contributed by atoms with van der Waals surface area (Å²) < 4.78 is 44.1. The molecule has 1 aromatic heterocycles. The lowest BCUT2D eigenvalue weighted by Crippen LogP contribution is -2.28. The van der Waals surface area contributed by atoms with E-state index < -0.39 is 11.6 Å². The second-order valence-electron chi connectivity index (χ2n) is 8.19. The van der Waals surface area contributed by atoms with E-state index in [4.69, 9.17) is 13.9 Å². The summed E-state index contributed by atoms with van der Waals surface area (Å²) in [5.41, 5.74) is 1.53. The topological polar surface area (TPSA) is 68.0 Å². The molecule has 0 N–H and O–H groups in total. The standard InChI is InChI=1S/C24H23F2N3O4/c25-18-5-4-17(19(26)10-18)12-28(11-16-3-6-21-22(9-16)33-15-32-21)13-23-27-20(14-31-23)24(30)29-7-1-2-8-29/h3-6,9-10,14H,1-2,7-8,11-13,15H2. The fraction of sp³-hybridized carbons (Fsp3) is 0.333. The third kappa shape index (κ3) is 4.83. The van der Waals surface area contributed by atoms with Crippen molar-refractivity contribution in [1.29, 1.82) is 0 Å². The van der Waals surface area contributed by atoms with Gasteiger partial charge in [-0.25, -0.2) is 13.8 Å². The van der Waals surface area contributed by atoms with Gasteiger partial charge < -0.3 is 18.8 Å². The summed E-state index contributed by atoms with van der Waals surface area (Å²) in [5, 5.41) is 0. The Hall–Kier alpha value is -3.46. The van der Waals surface area contributed by atoms with Crippen molar-refractivity contribution in [1.82, 2.24) is 14.8 Å². The Morgan fingerprint density at radius 1 is 1.00 bits per heavy atom. The van der Waals surface area contributed by atoms with Crippen LogP contribution in [0.2, 0.25) is 0 Å². The predicted molar refractivity (Wildman–Crippen MR) is 114 cm³/mol. The minimum absolute atomic E-state index is 0.144. The number of oxazole rings is 1. The third-order valence-corrected chi connectivity index (χ3v) is 5.78. The van der Waals surface area contributed by atoms with Crippen molar-refractivity contribution in [3.05, 3.63) is 77.0 Å². The number of likely N-dealkylation sites (tertiary alicyclic amines) is 1. The van der Waals surface area contributed by atoms with Crippen LogP contribution in [-0.4, -0.2) is 40.6 Å². The number of nitrogens with zero attached hydrogens (tertiary/aromatic N) is 3. The number of halogens is 2. The number of carbonyl (C=O) groups excluding carboxylic acids is 1. The fourth-order valence-electron chi connectivity index (χ4n) is 4.11. The average Bonchev–Trinajstić information content (AvgIpc) is 3.57. The molecular weight excluding hydrogens is 432 g/mol. The minimum atomic E-state index is -0.628. The molecule has 1 fully saturated rings. The van der Waals surface area contributed by atoms with Crippen LogP contribution in [0.15, 0.2) is 47.1 Å². The zero-order chi connectivity index (χ0) is 22.8. The van der Waals surface area contributed by atoms with E-state index in [0.29, 0.717) is 29.5 Å². The van der Waals surface area contributed by atoms with E-state index in [-0.39, 0.29) is 31.5 Å². The van der Waals surface area contributed by atoms with Crippen molar-refractivity contribution in [2.24, 2.45) is 0 Å². The Morgan fingerprint density at radius 3 is 2.64 bits per heavy atom. The first-order valence-corrected chi connectivity index (χ1v) is 10.8. The Morgan fingerprint density at radius 2 is 1.82 bits per heavy atom. The van der Waals surface area contributed by atoms with Crippen LogP contribution in [0, 0.1) is 11.6 Å². The van der Waals surface area contributed by atoms with Gasteiger partial charge in [0.25, 0.3) is 5.91 Å². The molecule has 0 aliphatic carbocycles. The van der Waals surface area contributed by atoms with Gasteiger partial charge in [-0.15, -0.1) is 0 Å². The number of hydrogen-bond donors (Lipinski definition) is 0. The van der Waals surface area contributed by atoms with Crippen molar-refractivity contribution < 1.29 is 27.5 Å². The van der Waals surface area contributed by atoms with E-state index in [1.165, 1.54) is 18.4 Å². The summed E-state index contributed by atoms with van der Waals surface area (Å²) in [7, 11) is 0. The Kier molecular flexibility index (Phi) is 5.95. The summed E-state index contributed by atoms with van der Waals surface area (Å²) in [6, 6.07) is 9.12. The van der Waals surface area contributed by atoms with Gasteiger partial charge in [0.15, 0.2) is 17.2 Å². The molecule has 2 aromatic carbocycles. The highest BCUT2D eigenvalue weighted by molar-refractivity contribution is 5.92. The van der Waals surface area contributed by atoms with Crippen molar-refractivity contribution in [2.75, 3.05) is 19.9 Å². The molecule has 1 saturated heterocycles. The molecule has 9 heteroatoms. The van der Waals surface area contributed by atoms with Gasteiger partial charge in [-0.2, -0.15) is 0 Å². The zero-order valence-electron chi connectivity index (χ0n) is 17.9. The minimum Gasteiger partial charge on any atom is -0.454 e. The molecule has 1 amide bonds. The quantitative estimate of drug-likeness (QED) is 0.534. The highest BCUT2D eigenvalue weighted by Gasteiger charge is 2.23. The van der Waals surface area contributed by atoms with E-state index >= 15 is 0 Å². The summed E-state index contributed by atoms with van der Waals surface area (Å²) in [4.78, 5) is 20.6. The van der Waals surface area contributed by atoms with Crippen LogP contribution in [-0.2, 0) is 19.6 Å². The SMILES string of the molecule is O=C(c1coc(CN(Cc2ccc3c(c2)OCO3)Cc2ccc(F)cc2F)n1)N1CCCC1. The molecule has 5 rings (SSSR count). The number of rotatable bonds is 7. The fourth-order valence-corrected chi connectivity index (χ4v) is 4.11. The van der Waals surface area contributed by atoms with E-state index in [1.54, 1.807) is 4.90 Å². The monoisotopic (exact) mass is 455 g/mol. The van der Waals surface area contributed by atoms with Gasteiger partial charge in [0.2, 0.25) is 12.7 Å². The van der Waals surface area contributed by atoms with Crippen molar-refractivity contribution in [3.8, 4) is 11.5 Å². The van der Waals surface area contributed by atoms with Crippen LogP contribution in [0.4, 0.5) is 8.78 Å². The molecule has 0 bridgehead atoms. The normalized spacial score (nSPS) is 14.9. The zero-order valence-corrected chi connectivity index (χ0v) is 17.9. The Labute approximate surface area is 189 Å². The number of aromatic nitrogens is 1. The molecule has 2 aliphatic heterocycles. The van der Waals surface area contributed by atoms with Crippen LogP contribution in [0.5, 0.6) is 11.5 Å². The molecule has 3 aromatic rings. The number of benzene rings is 2. The molecule has 0 saturated carbocycles. The predicted octanol–water partition coefficient (Wildman–Crippen LogP) is 4.12. The number of amides is 1. The van der Waals surface area contributed by atoms with E-state index in [9.17, 15) is 13.6 Å². The second-order valence-corrected chi connectivity index (χ2v) is 8.19. The van der Waals surface area contributed by atoms with E-state index in [0.717, 1.165) is 37.6 Å². The summed E-state index contributed by atoms with van der Waals surface area (Å²) >= 11 is 0. The number of fused-ring (bicyclic) bond motifs is 1. The molecule has 33 heavy (non-hydrogen) atoms. The molecule has 0 radical (unpaired) electrons. The van der Waals surface area contributed by atoms with Crippen LogP contribution < -0.4 is 9.47 Å². The summed E-state index contributed by atoms with van der Waals surface area (Å²) in [6.07, 6.45) is 3.35. The van der Waals surface area contributed by atoms with Gasteiger partial charge in [-0.3, -0.25) is 9.69 Å². The maximum atomic E-state index is 14.4. The molecule has 2 aliphatic rings. The first-order chi connectivity index (χ1) is 16.0.